The van der Waals surface area contributed by atoms with Gasteiger partial charge in [-0.3, -0.25) is 4.98 Å². The number of para-hydroxylation sites is 2. The van der Waals surface area contributed by atoms with E-state index in [9.17, 15) is 0 Å². The fourth-order valence-corrected chi connectivity index (χ4v) is 10.1. The van der Waals surface area contributed by atoms with Gasteiger partial charge in [-0.1, -0.05) is 127 Å². The molecular weight excluding hydrogens is 793 g/mol. The maximum atomic E-state index is 6.73. The van der Waals surface area contributed by atoms with E-state index >= 15 is 0 Å². The number of thiophene rings is 1. The van der Waals surface area contributed by atoms with Crippen molar-refractivity contribution in [3.63, 3.8) is 0 Å². The maximum Gasteiger partial charge on any atom is 0.164 e. The minimum atomic E-state index is 0.557. The zero-order valence-corrected chi connectivity index (χ0v) is 34.3. The third kappa shape index (κ3) is 5.93. The lowest BCUT2D eigenvalue weighted by Gasteiger charge is -2.11. The van der Waals surface area contributed by atoms with Gasteiger partial charge in [0, 0.05) is 81.9 Å². The molecule has 294 valence electrons. The van der Waals surface area contributed by atoms with Crippen LogP contribution < -0.4 is 0 Å². The largest absolute Gasteiger partial charge is 0.456 e. The molecule has 5 aromatic heterocycles. The van der Waals surface area contributed by atoms with Crippen LogP contribution in [0.3, 0.4) is 0 Å². The van der Waals surface area contributed by atoms with E-state index in [-0.39, 0.29) is 0 Å². The Hall–Kier alpha value is -8.26. The number of benzene rings is 8. The summed E-state index contributed by atoms with van der Waals surface area (Å²) in [5.74, 6) is 1.70. The molecule has 5 heterocycles. The lowest BCUT2D eigenvalue weighted by atomic mass is 9.94. The molecule has 0 saturated heterocycles. The number of aromatic nitrogens is 4. The van der Waals surface area contributed by atoms with Crippen molar-refractivity contribution in [3.8, 4) is 67.5 Å². The first-order valence-electron chi connectivity index (χ1n) is 20.8. The SMILES string of the molecule is c1cncc(-c2cccc(-c3nc(-c4ccc(-c5ccc(-c6ccc7c(c6)sc6ccccc67)c6c5oc5ccccc56)cc4)nc(-c4ccc5c(c4)oc4ccccc45)n3)c2)c1. The molecule has 0 radical (unpaired) electrons. The van der Waals surface area contributed by atoms with Crippen molar-refractivity contribution in [1.29, 1.82) is 0 Å². The van der Waals surface area contributed by atoms with Gasteiger partial charge in [0.2, 0.25) is 0 Å². The predicted octanol–water partition coefficient (Wildman–Crippen LogP) is 15.4. The van der Waals surface area contributed by atoms with Crippen molar-refractivity contribution in [2.24, 2.45) is 0 Å². The molecule has 13 rings (SSSR count). The Kier molecular flexibility index (Phi) is 7.98. The summed E-state index contributed by atoms with van der Waals surface area (Å²) >= 11 is 1.84. The van der Waals surface area contributed by atoms with Crippen LogP contribution >= 0.6 is 11.3 Å². The number of nitrogens with zero attached hydrogens (tertiary/aromatic N) is 4. The Morgan fingerprint density at radius 2 is 0.952 bits per heavy atom. The summed E-state index contributed by atoms with van der Waals surface area (Å²) in [4.78, 5) is 19.7. The first-order chi connectivity index (χ1) is 31.2. The molecule has 0 unspecified atom stereocenters. The van der Waals surface area contributed by atoms with Crippen LogP contribution in [0.25, 0.3) is 132 Å². The third-order valence-corrected chi connectivity index (χ3v) is 13.2. The Morgan fingerprint density at radius 3 is 1.78 bits per heavy atom. The molecule has 6 nitrogen and oxygen atoms in total. The van der Waals surface area contributed by atoms with Crippen molar-refractivity contribution < 1.29 is 8.83 Å². The van der Waals surface area contributed by atoms with Crippen LogP contribution in [-0.4, -0.2) is 19.9 Å². The standard InChI is InChI=1S/C56H32N4O2S/c1-4-15-47-42(12-1)43-24-23-38(30-49(43)61-47)56-59-54(58-55(60-56)37-10-7-9-35(29-37)39-11-8-28-57-32-39)34-20-18-33(19-21-34)41-27-26-40(52-46-14-2-5-16-48(46)62-53(41)52)36-22-25-45-44-13-3-6-17-50(44)63-51(45)31-36/h1-32H. The molecule has 0 N–H and O–H groups in total. The van der Waals surface area contributed by atoms with E-state index in [1.54, 1.807) is 6.20 Å². The summed E-state index contributed by atoms with van der Waals surface area (Å²) in [6.07, 6.45) is 3.65. The molecular formula is C56H32N4O2S. The first-order valence-corrected chi connectivity index (χ1v) is 21.7. The van der Waals surface area contributed by atoms with Crippen molar-refractivity contribution in [2.75, 3.05) is 0 Å². The normalized spacial score (nSPS) is 11.8. The monoisotopic (exact) mass is 824 g/mol. The second-order valence-electron chi connectivity index (χ2n) is 15.8. The summed E-state index contributed by atoms with van der Waals surface area (Å²) in [7, 11) is 0. The minimum Gasteiger partial charge on any atom is -0.456 e. The molecule has 8 aromatic carbocycles. The molecule has 0 aliphatic carbocycles. The lowest BCUT2D eigenvalue weighted by molar-refractivity contribution is 0.669. The lowest BCUT2D eigenvalue weighted by Crippen LogP contribution is -2.00. The van der Waals surface area contributed by atoms with Gasteiger partial charge in [0.15, 0.2) is 17.5 Å². The topological polar surface area (TPSA) is 77.8 Å². The predicted molar refractivity (Wildman–Crippen MR) is 258 cm³/mol. The quantitative estimate of drug-likeness (QED) is 0.166. The average Bonchev–Trinajstić information content (AvgIpc) is 4.05. The van der Waals surface area contributed by atoms with Gasteiger partial charge in [-0.15, -0.1) is 11.3 Å². The summed E-state index contributed by atoms with van der Waals surface area (Å²) in [6, 6.07) is 63.2. The van der Waals surface area contributed by atoms with Gasteiger partial charge < -0.3 is 8.83 Å². The molecule has 0 bridgehead atoms. The average molecular weight is 825 g/mol. The van der Waals surface area contributed by atoms with Crippen LogP contribution in [0, 0.1) is 0 Å². The van der Waals surface area contributed by atoms with Gasteiger partial charge in [-0.2, -0.15) is 0 Å². The molecule has 0 saturated carbocycles. The first kappa shape index (κ1) is 35.5. The van der Waals surface area contributed by atoms with Crippen molar-refractivity contribution in [3.05, 3.63) is 194 Å². The van der Waals surface area contributed by atoms with Gasteiger partial charge >= 0.3 is 0 Å². The zero-order chi connectivity index (χ0) is 41.4. The van der Waals surface area contributed by atoms with E-state index in [0.29, 0.717) is 17.5 Å². The van der Waals surface area contributed by atoms with Crippen LogP contribution in [0.4, 0.5) is 0 Å². The van der Waals surface area contributed by atoms with Crippen LogP contribution in [-0.2, 0) is 0 Å². The van der Waals surface area contributed by atoms with Gasteiger partial charge in [-0.25, -0.2) is 15.0 Å². The molecule has 63 heavy (non-hydrogen) atoms. The minimum absolute atomic E-state index is 0.557. The highest BCUT2D eigenvalue weighted by Gasteiger charge is 2.20. The number of fused-ring (bicyclic) bond motifs is 9. The second kappa shape index (κ2) is 14.2. The van der Waals surface area contributed by atoms with Gasteiger partial charge in [-0.05, 0) is 76.9 Å². The van der Waals surface area contributed by atoms with Crippen molar-refractivity contribution in [1.82, 2.24) is 19.9 Å². The molecule has 0 atom stereocenters. The van der Waals surface area contributed by atoms with Crippen LogP contribution in [0.5, 0.6) is 0 Å². The molecule has 0 aliphatic heterocycles. The molecule has 7 heteroatoms. The highest BCUT2D eigenvalue weighted by Crippen LogP contribution is 2.44. The summed E-state index contributed by atoms with van der Waals surface area (Å²) in [5.41, 5.74) is 12.3. The van der Waals surface area contributed by atoms with Gasteiger partial charge in [0.1, 0.15) is 22.3 Å². The summed E-state index contributed by atoms with van der Waals surface area (Å²) < 4.78 is 15.6. The molecule has 0 amide bonds. The Morgan fingerprint density at radius 1 is 0.349 bits per heavy atom. The van der Waals surface area contributed by atoms with Crippen LogP contribution in [0.1, 0.15) is 0 Å². The number of pyridine rings is 1. The van der Waals surface area contributed by atoms with E-state index in [1.807, 2.05) is 66.1 Å². The summed E-state index contributed by atoms with van der Waals surface area (Å²) in [5, 5.41) is 6.90. The summed E-state index contributed by atoms with van der Waals surface area (Å²) in [6.45, 7) is 0. The number of rotatable bonds is 6. The fourth-order valence-electron chi connectivity index (χ4n) is 8.99. The van der Waals surface area contributed by atoms with E-state index < -0.39 is 0 Å². The number of hydrogen-bond donors (Lipinski definition) is 0. The Bertz CT molecular complexity index is 3920. The highest BCUT2D eigenvalue weighted by atomic mass is 32.1. The Labute approximate surface area is 364 Å². The molecule has 0 spiro atoms. The van der Waals surface area contributed by atoms with E-state index in [4.69, 9.17) is 23.8 Å². The van der Waals surface area contributed by atoms with Crippen molar-refractivity contribution in [2.45, 2.75) is 0 Å². The van der Waals surface area contributed by atoms with Crippen LogP contribution in [0.2, 0.25) is 0 Å². The zero-order valence-electron chi connectivity index (χ0n) is 33.5. The second-order valence-corrected chi connectivity index (χ2v) is 16.9. The van der Waals surface area contributed by atoms with Gasteiger partial charge in [0.05, 0.1) is 0 Å². The third-order valence-electron chi connectivity index (χ3n) is 12.1. The smallest absolute Gasteiger partial charge is 0.164 e. The van der Waals surface area contributed by atoms with E-state index in [2.05, 4.69) is 138 Å². The van der Waals surface area contributed by atoms with Crippen molar-refractivity contribution >= 4 is 75.4 Å². The molecule has 0 aliphatic rings. The van der Waals surface area contributed by atoms with E-state index in [0.717, 1.165) is 88.4 Å². The fraction of sp³-hybridized carbons (Fsp3) is 0. The van der Waals surface area contributed by atoms with E-state index in [1.165, 1.54) is 25.7 Å². The highest BCUT2D eigenvalue weighted by molar-refractivity contribution is 7.25. The number of furan rings is 2. The number of hydrogen-bond acceptors (Lipinski definition) is 7. The molecule has 0 fully saturated rings. The Balaban J connectivity index is 0.929. The van der Waals surface area contributed by atoms with Crippen LogP contribution in [0.15, 0.2) is 203 Å². The molecule has 13 aromatic rings. The van der Waals surface area contributed by atoms with Gasteiger partial charge in [0.25, 0.3) is 0 Å². The maximum absolute atomic E-state index is 6.73.